The Morgan fingerprint density at radius 2 is 1.81 bits per heavy atom. The van der Waals surface area contributed by atoms with Gasteiger partial charge in [0.05, 0.1) is 5.60 Å². The van der Waals surface area contributed by atoms with E-state index >= 15 is 0 Å². The van der Waals surface area contributed by atoms with Gasteiger partial charge in [0.2, 0.25) is 5.95 Å². The normalized spacial score (nSPS) is 24.0. The molecule has 1 N–H and O–H groups in total. The molecule has 1 aromatic heterocycles. The lowest BCUT2D eigenvalue weighted by Crippen LogP contribution is -2.56. The lowest BCUT2D eigenvalue weighted by Gasteiger charge is -2.49. The number of benzene rings is 1. The van der Waals surface area contributed by atoms with E-state index in [1.165, 1.54) is 37.7 Å². The molecule has 0 unspecified atom stereocenters. The molecule has 32 heavy (non-hydrogen) atoms. The molecule has 2 aliphatic heterocycles. The van der Waals surface area contributed by atoms with Crippen molar-refractivity contribution in [3.63, 3.8) is 0 Å². The number of likely N-dealkylation sites (tertiary alicyclic amines) is 1. The average Bonchev–Trinajstić information content (AvgIpc) is 3.23. The summed E-state index contributed by atoms with van der Waals surface area (Å²) in [6.45, 7) is 8.35. The van der Waals surface area contributed by atoms with Gasteiger partial charge in [-0.1, -0.05) is 18.2 Å². The number of nitrogens with zero attached hydrogens (tertiary/aromatic N) is 5. The molecule has 7 heteroatoms. The van der Waals surface area contributed by atoms with E-state index in [0.29, 0.717) is 24.0 Å². The molecular formula is C25H35N5O2. The van der Waals surface area contributed by atoms with Gasteiger partial charge in [-0.3, -0.25) is 0 Å². The van der Waals surface area contributed by atoms with Gasteiger partial charge in [0, 0.05) is 24.5 Å². The molecule has 172 valence electrons. The van der Waals surface area contributed by atoms with Gasteiger partial charge in [-0.2, -0.15) is 0 Å². The van der Waals surface area contributed by atoms with Crippen molar-refractivity contribution in [2.45, 2.75) is 63.5 Å². The van der Waals surface area contributed by atoms with E-state index in [0.717, 1.165) is 37.9 Å². The minimum absolute atomic E-state index is 0.314. The van der Waals surface area contributed by atoms with Gasteiger partial charge < -0.3 is 19.6 Å². The lowest BCUT2D eigenvalue weighted by molar-refractivity contribution is 0.0278. The summed E-state index contributed by atoms with van der Waals surface area (Å²) in [5, 5.41) is 10.0. The number of para-hydroxylation sites is 1. The molecule has 3 aliphatic rings. The highest BCUT2D eigenvalue weighted by Gasteiger charge is 2.50. The Bertz CT molecular complexity index is 902. The van der Waals surface area contributed by atoms with Gasteiger partial charge >= 0.3 is 0 Å². The first-order valence-corrected chi connectivity index (χ1v) is 12.0. The van der Waals surface area contributed by atoms with Crippen molar-refractivity contribution in [3.05, 3.63) is 42.5 Å². The molecule has 3 fully saturated rings. The maximum Gasteiger partial charge on any atom is 0.228 e. The van der Waals surface area contributed by atoms with E-state index in [9.17, 15) is 5.11 Å². The number of aromatic nitrogens is 3. The van der Waals surface area contributed by atoms with Crippen LogP contribution in [0, 0.1) is 5.41 Å². The molecule has 3 heterocycles. The summed E-state index contributed by atoms with van der Waals surface area (Å²) in [6.07, 6.45) is 9.43. The van der Waals surface area contributed by atoms with E-state index in [2.05, 4.69) is 36.9 Å². The fraction of sp³-hybridized carbons (Fsp3) is 0.640. The van der Waals surface area contributed by atoms with Gasteiger partial charge in [-0.15, -0.1) is 0 Å². The van der Waals surface area contributed by atoms with E-state index in [4.69, 9.17) is 4.74 Å². The van der Waals surface area contributed by atoms with E-state index < -0.39 is 5.60 Å². The van der Waals surface area contributed by atoms with Crippen LogP contribution >= 0.6 is 0 Å². The summed E-state index contributed by atoms with van der Waals surface area (Å²) in [6, 6.07) is 9.08. The standard InChI is InChI=1S/C25H35N5O2/c1-24(2,31)16-32-22-6-4-3-5-21(22)19-8-11-29(12-9-19)20-7-10-25(13-20)14-30(15-25)23-27-17-26-18-28-23/h3-6,17-20,31H,7-16H2,1-2H3/t20-/m1/s1. The van der Waals surface area contributed by atoms with Crippen molar-refractivity contribution in [1.82, 2.24) is 19.9 Å². The number of hydrogen-bond donors (Lipinski definition) is 1. The summed E-state index contributed by atoms with van der Waals surface area (Å²) < 4.78 is 6.00. The first-order chi connectivity index (χ1) is 15.4. The van der Waals surface area contributed by atoms with Crippen molar-refractivity contribution >= 4 is 5.95 Å². The molecule has 1 aliphatic carbocycles. The zero-order chi connectivity index (χ0) is 22.2. The topological polar surface area (TPSA) is 74.6 Å². The molecule has 2 saturated heterocycles. The zero-order valence-electron chi connectivity index (χ0n) is 19.3. The van der Waals surface area contributed by atoms with Crippen LogP contribution in [0.3, 0.4) is 0 Å². The second kappa shape index (κ2) is 8.60. The second-order valence-electron chi connectivity index (χ2n) is 10.6. The summed E-state index contributed by atoms with van der Waals surface area (Å²) in [7, 11) is 0. The van der Waals surface area contributed by atoms with E-state index in [1.807, 2.05) is 12.1 Å². The molecule has 2 aromatic rings. The van der Waals surface area contributed by atoms with Crippen LogP contribution in [0.4, 0.5) is 5.95 Å². The highest BCUT2D eigenvalue weighted by molar-refractivity contribution is 5.37. The fourth-order valence-corrected chi connectivity index (χ4v) is 5.86. The molecule has 0 amide bonds. The first-order valence-electron chi connectivity index (χ1n) is 12.0. The summed E-state index contributed by atoms with van der Waals surface area (Å²) in [4.78, 5) is 17.6. The van der Waals surface area contributed by atoms with Crippen molar-refractivity contribution in [3.8, 4) is 5.75 Å². The van der Waals surface area contributed by atoms with Crippen LogP contribution in [-0.2, 0) is 0 Å². The molecule has 1 saturated carbocycles. The van der Waals surface area contributed by atoms with Crippen LogP contribution in [0.1, 0.15) is 57.4 Å². The maximum absolute atomic E-state index is 10.0. The molecular weight excluding hydrogens is 402 g/mol. The number of aliphatic hydroxyl groups is 1. The predicted octanol–water partition coefficient (Wildman–Crippen LogP) is 3.26. The van der Waals surface area contributed by atoms with Crippen LogP contribution < -0.4 is 9.64 Å². The second-order valence-corrected chi connectivity index (χ2v) is 10.6. The van der Waals surface area contributed by atoms with Crippen LogP contribution in [0.15, 0.2) is 36.9 Å². The third-order valence-electron chi connectivity index (χ3n) is 7.48. The Morgan fingerprint density at radius 3 is 2.53 bits per heavy atom. The molecule has 5 rings (SSSR count). The number of hydrogen-bond acceptors (Lipinski definition) is 7. The summed E-state index contributed by atoms with van der Waals surface area (Å²) in [5.74, 6) is 2.28. The lowest BCUT2D eigenvalue weighted by atomic mass is 9.78. The Morgan fingerprint density at radius 1 is 1.09 bits per heavy atom. The van der Waals surface area contributed by atoms with Crippen molar-refractivity contribution in [2.24, 2.45) is 5.41 Å². The number of piperidine rings is 1. The van der Waals surface area contributed by atoms with E-state index in [1.54, 1.807) is 26.5 Å². The van der Waals surface area contributed by atoms with Crippen LogP contribution in [0.2, 0.25) is 0 Å². The molecule has 7 nitrogen and oxygen atoms in total. The highest BCUT2D eigenvalue weighted by Crippen LogP contribution is 2.48. The summed E-state index contributed by atoms with van der Waals surface area (Å²) >= 11 is 0. The average molecular weight is 438 g/mol. The van der Waals surface area contributed by atoms with Crippen molar-refractivity contribution in [1.29, 1.82) is 0 Å². The minimum Gasteiger partial charge on any atom is -0.490 e. The summed E-state index contributed by atoms with van der Waals surface area (Å²) in [5.41, 5.74) is 0.924. The Kier molecular flexibility index (Phi) is 5.80. The van der Waals surface area contributed by atoms with Crippen LogP contribution in [0.5, 0.6) is 5.75 Å². The number of rotatable bonds is 6. The monoisotopic (exact) mass is 437 g/mol. The predicted molar refractivity (Wildman–Crippen MR) is 124 cm³/mol. The Balaban J connectivity index is 1.14. The van der Waals surface area contributed by atoms with Crippen LogP contribution in [0.25, 0.3) is 0 Å². The van der Waals surface area contributed by atoms with E-state index in [-0.39, 0.29) is 0 Å². The van der Waals surface area contributed by atoms with Gasteiger partial charge in [-0.05, 0) is 76.6 Å². The first kappa shape index (κ1) is 21.6. The molecule has 1 aromatic carbocycles. The van der Waals surface area contributed by atoms with Crippen molar-refractivity contribution in [2.75, 3.05) is 37.7 Å². The Hall–Kier alpha value is -2.25. The SMILES string of the molecule is CC(C)(O)COc1ccccc1C1CCN([C@@H]2CCC3(C2)CN(c2ncncn2)C3)CC1. The van der Waals surface area contributed by atoms with Gasteiger partial charge in [-0.25, -0.2) is 15.0 Å². The molecule has 0 radical (unpaired) electrons. The molecule has 0 bridgehead atoms. The number of ether oxygens (including phenoxy) is 1. The van der Waals surface area contributed by atoms with Crippen molar-refractivity contribution < 1.29 is 9.84 Å². The van der Waals surface area contributed by atoms with Gasteiger partial charge in [0.25, 0.3) is 0 Å². The smallest absolute Gasteiger partial charge is 0.228 e. The molecule has 1 spiro atoms. The minimum atomic E-state index is -0.824. The van der Waals surface area contributed by atoms with Gasteiger partial charge in [0.15, 0.2) is 0 Å². The maximum atomic E-state index is 10.0. The largest absolute Gasteiger partial charge is 0.490 e. The highest BCUT2D eigenvalue weighted by atomic mass is 16.5. The molecule has 1 atom stereocenters. The number of anilines is 1. The third-order valence-corrected chi connectivity index (χ3v) is 7.48. The Labute approximate surface area is 190 Å². The van der Waals surface area contributed by atoms with Gasteiger partial charge in [0.1, 0.15) is 25.0 Å². The van der Waals surface area contributed by atoms with Crippen LogP contribution in [-0.4, -0.2) is 69.4 Å². The third kappa shape index (κ3) is 4.59. The quantitative estimate of drug-likeness (QED) is 0.743. The fourth-order valence-electron chi connectivity index (χ4n) is 5.86. The zero-order valence-corrected chi connectivity index (χ0v) is 19.3.